The summed E-state index contributed by atoms with van der Waals surface area (Å²) in [6, 6.07) is 14.9. The summed E-state index contributed by atoms with van der Waals surface area (Å²) >= 11 is 6.37. The zero-order valence-electron chi connectivity index (χ0n) is 16.9. The van der Waals surface area contributed by atoms with Crippen LogP contribution in [0, 0.1) is 0 Å². The zero-order valence-corrected chi connectivity index (χ0v) is 17.6. The maximum atomic E-state index is 12.3. The fourth-order valence-electron chi connectivity index (χ4n) is 3.07. The molecule has 2 aromatic heterocycles. The minimum Gasteiger partial charge on any atom is -0.497 e. The summed E-state index contributed by atoms with van der Waals surface area (Å²) in [6.45, 7) is 2.33. The molecule has 9 heteroatoms. The molecule has 31 heavy (non-hydrogen) atoms. The van der Waals surface area contributed by atoms with Gasteiger partial charge in [0.1, 0.15) is 22.6 Å². The standard InChI is InChI=1S/C22H19ClN4O4/c1-3-30-22(28)20-25-19(24-12-13-7-6-8-14(11-13)29-2)17-18(27-31-21(17)26-20)15-9-4-5-10-16(15)23/h4-11H,3,12H2,1-2H3,(H,24,25,26). The second kappa shape index (κ2) is 9.01. The lowest BCUT2D eigenvalue weighted by Crippen LogP contribution is -2.12. The van der Waals surface area contributed by atoms with Gasteiger partial charge in [-0.2, -0.15) is 4.98 Å². The highest BCUT2D eigenvalue weighted by Crippen LogP contribution is 2.35. The number of fused-ring (bicyclic) bond motifs is 1. The number of hydrogen-bond acceptors (Lipinski definition) is 8. The number of ether oxygens (including phenoxy) is 2. The van der Waals surface area contributed by atoms with E-state index in [9.17, 15) is 4.79 Å². The molecule has 8 nitrogen and oxygen atoms in total. The minimum atomic E-state index is -0.649. The Bertz CT molecular complexity index is 1240. The molecule has 4 aromatic rings. The van der Waals surface area contributed by atoms with Crippen molar-refractivity contribution in [2.45, 2.75) is 13.5 Å². The molecule has 0 spiro atoms. The Morgan fingerprint density at radius 1 is 1.16 bits per heavy atom. The number of hydrogen-bond donors (Lipinski definition) is 1. The average Bonchev–Trinajstić information content (AvgIpc) is 3.22. The molecule has 2 aromatic carbocycles. The molecule has 0 fully saturated rings. The average molecular weight is 439 g/mol. The summed E-state index contributed by atoms with van der Waals surface area (Å²) in [7, 11) is 1.61. The number of carbonyl (C=O) groups is 1. The third kappa shape index (κ3) is 4.29. The lowest BCUT2D eigenvalue weighted by Gasteiger charge is -2.10. The molecule has 0 aliphatic heterocycles. The van der Waals surface area contributed by atoms with Crippen LogP contribution in [0.5, 0.6) is 5.75 Å². The summed E-state index contributed by atoms with van der Waals surface area (Å²) in [4.78, 5) is 20.8. The molecule has 0 saturated heterocycles. The molecule has 1 N–H and O–H groups in total. The van der Waals surface area contributed by atoms with E-state index < -0.39 is 5.97 Å². The third-order valence-corrected chi connectivity index (χ3v) is 4.85. The van der Waals surface area contributed by atoms with Crippen molar-refractivity contribution in [1.29, 1.82) is 0 Å². The fraction of sp³-hybridized carbons (Fsp3) is 0.182. The van der Waals surface area contributed by atoms with Crippen molar-refractivity contribution in [3.05, 3.63) is 64.9 Å². The van der Waals surface area contributed by atoms with Crippen LogP contribution >= 0.6 is 11.6 Å². The first-order valence-corrected chi connectivity index (χ1v) is 9.94. The Hall–Kier alpha value is -3.65. The van der Waals surface area contributed by atoms with Gasteiger partial charge >= 0.3 is 5.97 Å². The molecule has 0 unspecified atom stereocenters. The second-order valence-corrected chi connectivity index (χ2v) is 6.92. The molecule has 4 rings (SSSR count). The topological polar surface area (TPSA) is 99.4 Å². The highest BCUT2D eigenvalue weighted by Gasteiger charge is 2.23. The predicted molar refractivity (Wildman–Crippen MR) is 116 cm³/mol. The van der Waals surface area contributed by atoms with Crippen molar-refractivity contribution in [1.82, 2.24) is 15.1 Å². The molecule has 0 atom stereocenters. The smallest absolute Gasteiger partial charge is 0.376 e. The number of benzene rings is 2. The molecule has 0 radical (unpaired) electrons. The monoisotopic (exact) mass is 438 g/mol. The van der Waals surface area contributed by atoms with Crippen LogP contribution in [0.15, 0.2) is 53.1 Å². The van der Waals surface area contributed by atoms with Crippen LogP contribution in [0.2, 0.25) is 5.02 Å². The van der Waals surface area contributed by atoms with E-state index in [4.69, 9.17) is 25.6 Å². The van der Waals surface area contributed by atoms with Gasteiger partial charge in [-0.15, -0.1) is 0 Å². The molecule has 0 bridgehead atoms. The Labute approximate surface area is 183 Å². The summed E-state index contributed by atoms with van der Waals surface area (Å²) < 4.78 is 15.8. The van der Waals surface area contributed by atoms with Crippen molar-refractivity contribution in [2.24, 2.45) is 0 Å². The summed E-state index contributed by atoms with van der Waals surface area (Å²) in [5, 5.41) is 8.42. The first-order chi connectivity index (χ1) is 15.1. The Morgan fingerprint density at radius 2 is 2.00 bits per heavy atom. The van der Waals surface area contributed by atoms with Gasteiger partial charge in [0.05, 0.1) is 18.7 Å². The van der Waals surface area contributed by atoms with Gasteiger partial charge in [0.2, 0.25) is 5.82 Å². The van der Waals surface area contributed by atoms with Crippen LogP contribution in [0.4, 0.5) is 5.82 Å². The number of esters is 1. The largest absolute Gasteiger partial charge is 0.497 e. The van der Waals surface area contributed by atoms with Crippen molar-refractivity contribution < 1.29 is 18.8 Å². The number of rotatable bonds is 7. The molecule has 2 heterocycles. The van der Waals surface area contributed by atoms with Crippen LogP contribution < -0.4 is 10.1 Å². The van der Waals surface area contributed by atoms with Crippen LogP contribution in [0.25, 0.3) is 22.4 Å². The molecular weight excluding hydrogens is 420 g/mol. The lowest BCUT2D eigenvalue weighted by atomic mass is 10.1. The van der Waals surface area contributed by atoms with E-state index in [-0.39, 0.29) is 18.1 Å². The maximum Gasteiger partial charge on any atom is 0.376 e. The summed E-state index contributed by atoms with van der Waals surface area (Å²) in [5.74, 6) is 0.349. The van der Waals surface area contributed by atoms with Gasteiger partial charge in [-0.25, -0.2) is 9.78 Å². The molecule has 0 aliphatic rings. The van der Waals surface area contributed by atoms with Crippen LogP contribution in [0.1, 0.15) is 23.1 Å². The number of aromatic nitrogens is 3. The predicted octanol–water partition coefficient (Wildman–Crippen LogP) is 4.74. The van der Waals surface area contributed by atoms with Crippen LogP contribution in [0.3, 0.4) is 0 Å². The number of nitrogens with zero attached hydrogens (tertiary/aromatic N) is 3. The number of halogens is 1. The van der Waals surface area contributed by atoms with Gasteiger partial charge in [-0.05, 0) is 30.7 Å². The van der Waals surface area contributed by atoms with Gasteiger partial charge in [-0.1, -0.05) is 47.1 Å². The van der Waals surface area contributed by atoms with E-state index in [1.165, 1.54) is 0 Å². The van der Waals surface area contributed by atoms with E-state index in [1.807, 2.05) is 42.5 Å². The van der Waals surface area contributed by atoms with E-state index >= 15 is 0 Å². The van der Waals surface area contributed by atoms with Crippen molar-refractivity contribution in [2.75, 3.05) is 19.0 Å². The Balaban J connectivity index is 1.80. The highest BCUT2D eigenvalue weighted by atomic mass is 35.5. The van der Waals surface area contributed by atoms with E-state index in [1.54, 1.807) is 20.1 Å². The van der Waals surface area contributed by atoms with Gasteiger partial charge in [0.15, 0.2) is 0 Å². The van der Waals surface area contributed by atoms with E-state index in [0.717, 1.165) is 11.3 Å². The van der Waals surface area contributed by atoms with Crippen molar-refractivity contribution >= 4 is 34.5 Å². The second-order valence-electron chi connectivity index (χ2n) is 6.51. The van der Waals surface area contributed by atoms with Gasteiger partial charge in [0.25, 0.3) is 5.71 Å². The van der Waals surface area contributed by atoms with E-state index in [2.05, 4.69) is 20.4 Å². The normalized spacial score (nSPS) is 10.8. The van der Waals surface area contributed by atoms with Gasteiger partial charge < -0.3 is 19.3 Å². The van der Waals surface area contributed by atoms with Crippen LogP contribution in [-0.2, 0) is 11.3 Å². The first-order valence-electron chi connectivity index (χ1n) is 9.57. The maximum absolute atomic E-state index is 12.3. The number of nitrogens with one attached hydrogen (secondary N) is 1. The van der Waals surface area contributed by atoms with E-state index in [0.29, 0.717) is 34.0 Å². The molecule has 0 saturated carbocycles. The number of carbonyl (C=O) groups excluding carboxylic acids is 1. The van der Waals surface area contributed by atoms with Gasteiger partial charge in [0, 0.05) is 12.1 Å². The van der Waals surface area contributed by atoms with Gasteiger partial charge in [-0.3, -0.25) is 0 Å². The van der Waals surface area contributed by atoms with Crippen molar-refractivity contribution in [3.8, 4) is 17.0 Å². The molecule has 0 amide bonds. The van der Waals surface area contributed by atoms with Crippen molar-refractivity contribution in [3.63, 3.8) is 0 Å². The molecule has 158 valence electrons. The number of methoxy groups -OCH3 is 1. The minimum absolute atomic E-state index is 0.121. The Morgan fingerprint density at radius 3 is 2.77 bits per heavy atom. The summed E-state index contributed by atoms with van der Waals surface area (Å²) in [6.07, 6.45) is 0. The first kappa shape index (κ1) is 20.6. The number of anilines is 1. The third-order valence-electron chi connectivity index (χ3n) is 4.52. The molecule has 0 aliphatic carbocycles. The molecular formula is C22H19ClN4O4. The quantitative estimate of drug-likeness (QED) is 0.413. The highest BCUT2D eigenvalue weighted by molar-refractivity contribution is 6.33. The zero-order chi connectivity index (χ0) is 21.8. The van der Waals surface area contributed by atoms with Crippen LogP contribution in [-0.4, -0.2) is 34.8 Å². The SMILES string of the molecule is CCOC(=O)c1nc(NCc2cccc(OC)c2)c2c(-c3ccccc3Cl)noc2n1. The lowest BCUT2D eigenvalue weighted by molar-refractivity contribution is 0.0512. The summed E-state index contributed by atoms with van der Waals surface area (Å²) in [5.41, 5.74) is 2.25. The Kier molecular flexibility index (Phi) is 5.99. The fourth-order valence-corrected chi connectivity index (χ4v) is 3.30.